The molecule has 1 aromatic heterocycles. The minimum atomic E-state index is -0.127. The van der Waals surface area contributed by atoms with Crippen LogP contribution in [-0.2, 0) is 24.3 Å². The third-order valence-electron chi connectivity index (χ3n) is 5.45. The van der Waals surface area contributed by atoms with Crippen LogP contribution < -0.4 is 10.1 Å². The lowest BCUT2D eigenvalue weighted by Crippen LogP contribution is -2.34. The van der Waals surface area contributed by atoms with Crippen molar-refractivity contribution in [2.75, 3.05) is 19.7 Å². The van der Waals surface area contributed by atoms with Crippen molar-refractivity contribution in [1.29, 1.82) is 0 Å². The van der Waals surface area contributed by atoms with Crippen LogP contribution in [0.15, 0.2) is 36.9 Å². The summed E-state index contributed by atoms with van der Waals surface area (Å²) in [5.74, 6) is 3.03. The molecule has 3 rings (SSSR count). The minimum Gasteiger partial charge on any atom is -0.489 e. The van der Waals surface area contributed by atoms with Crippen LogP contribution in [0.1, 0.15) is 50.4 Å². The van der Waals surface area contributed by atoms with E-state index in [4.69, 9.17) is 4.74 Å². The zero-order valence-electron chi connectivity index (χ0n) is 18.3. The molecule has 0 radical (unpaired) electrons. The molecule has 7 nitrogen and oxygen atoms in total. The molecule has 162 valence electrons. The molecular weight excluding hydrogens is 378 g/mol. The molecule has 0 spiro atoms. The second-order valence-electron chi connectivity index (χ2n) is 8.00. The molecule has 1 amide bonds. The Morgan fingerprint density at radius 1 is 1.27 bits per heavy atom. The smallest absolute Gasteiger partial charge is 0.220 e. The second kappa shape index (κ2) is 10.4. The summed E-state index contributed by atoms with van der Waals surface area (Å²) in [5, 5.41) is 12.0. The lowest BCUT2D eigenvalue weighted by atomic mass is 10.0. The number of rotatable bonds is 9. The van der Waals surface area contributed by atoms with Gasteiger partial charge in [-0.25, -0.2) is 0 Å². The fourth-order valence-corrected chi connectivity index (χ4v) is 3.75. The van der Waals surface area contributed by atoms with Crippen molar-refractivity contribution in [1.82, 2.24) is 25.0 Å². The molecule has 1 N–H and O–H groups in total. The SMILES string of the molecule is C=CCOc1ccccc1CN1CCc2nnc(C(NC(=O)CC)C(C)C)n2CC1. The Kier molecular flexibility index (Phi) is 7.63. The highest BCUT2D eigenvalue weighted by atomic mass is 16.5. The standard InChI is InChI=1S/C23H33N5O2/c1-5-15-30-19-10-8-7-9-18(19)16-27-12-11-20-25-26-23(28(20)14-13-27)22(17(3)4)24-21(29)6-2/h5,7-10,17,22H,1,6,11-16H2,2-4H3,(H,24,29). The summed E-state index contributed by atoms with van der Waals surface area (Å²) in [4.78, 5) is 14.4. The zero-order chi connectivity index (χ0) is 21.5. The van der Waals surface area contributed by atoms with E-state index in [1.807, 2.05) is 25.1 Å². The fourth-order valence-electron chi connectivity index (χ4n) is 3.75. The summed E-state index contributed by atoms with van der Waals surface area (Å²) in [6.45, 7) is 13.7. The molecule has 2 aromatic rings. The van der Waals surface area contributed by atoms with Crippen LogP contribution in [0.4, 0.5) is 0 Å². The van der Waals surface area contributed by atoms with Gasteiger partial charge in [0.25, 0.3) is 0 Å². The number of hydrogen-bond donors (Lipinski definition) is 1. The summed E-state index contributed by atoms with van der Waals surface area (Å²) < 4.78 is 8.01. The first kappa shape index (κ1) is 22.0. The number of nitrogens with zero attached hydrogens (tertiary/aromatic N) is 4. The van der Waals surface area contributed by atoms with Gasteiger partial charge in [0.1, 0.15) is 18.2 Å². The molecule has 0 saturated heterocycles. The predicted octanol–water partition coefficient (Wildman–Crippen LogP) is 3.12. The van der Waals surface area contributed by atoms with Crippen molar-refractivity contribution >= 4 is 5.91 Å². The molecule has 1 atom stereocenters. The summed E-state index contributed by atoms with van der Waals surface area (Å²) in [6.07, 6.45) is 3.05. The van der Waals surface area contributed by atoms with Gasteiger partial charge in [0, 0.05) is 44.6 Å². The lowest BCUT2D eigenvalue weighted by Gasteiger charge is -2.23. The van der Waals surface area contributed by atoms with Gasteiger partial charge in [-0.15, -0.1) is 10.2 Å². The van der Waals surface area contributed by atoms with Gasteiger partial charge in [-0.2, -0.15) is 0 Å². The quantitative estimate of drug-likeness (QED) is 0.642. The Bertz CT molecular complexity index is 861. The van der Waals surface area contributed by atoms with Crippen LogP contribution in [0.25, 0.3) is 0 Å². The second-order valence-corrected chi connectivity index (χ2v) is 8.00. The average Bonchev–Trinajstić information content (AvgIpc) is 3.04. The van der Waals surface area contributed by atoms with E-state index in [1.165, 1.54) is 5.56 Å². The molecule has 7 heteroatoms. The Morgan fingerprint density at radius 3 is 2.80 bits per heavy atom. The van der Waals surface area contributed by atoms with Gasteiger partial charge >= 0.3 is 0 Å². The molecule has 1 aliphatic heterocycles. The Morgan fingerprint density at radius 2 is 2.07 bits per heavy atom. The van der Waals surface area contributed by atoms with Crippen molar-refractivity contribution in [2.24, 2.45) is 5.92 Å². The highest BCUT2D eigenvalue weighted by molar-refractivity contribution is 5.75. The normalized spacial score (nSPS) is 15.3. The largest absolute Gasteiger partial charge is 0.489 e. The van der Waals surface area contributed by atoms with E-state index >= 15 is 0 Å². The van der Waals surface area contributed by atoms with Gasteiger partial charge in [-0.05, 0) is 12.0 Å². The topological polar surface area (TPSA) is 72.3 Å². The number of nitrogens with one attached hydrogen (secondary N) is 1. The van der Waals surface area contributed by atoms with Gasteiger partial charge in [-0.1, -0.05) is 51.6 Å². The van der Waals surface area contributed by atoms with E-state index < -0.39 is 0 Å². The van der Waals surface area contributed by atoms with Gasteiger partial charge in [0.15, 0.2) is 5.82 Å². The van der Waals surface area contributed by atoms with Crippen LogP contribution in [0.2, 0.25) is 0 Å². The van der Waals surface area contributed by atoms with Gasteiger partial charge in [0.05, 0.1) is 6.04 Å². The fraction of sp³-hybridized carbons (Fsp3) is 0.522. The molecular formula is C23H33N5O2. The monoisotopic (exact) mass is 411 g/mol. The number of para-hydroxylation sites is 1. The van der Waals surface area contributed by atoms with Crippen LogP contribution in [-0.4, -0.2) is 45.3 Å². The molecule has 0 saturated carbocycles. The van der Waals surface area contributed by atoms with Gasteiger partial charge in [0.2, 0.25) is 5.91 Å². The van der Waals surface area contributed by atoms with Crippen molar-refractivity contribution < 1.29 is 9.53 Å². The van der Waals surface area contributed by atoms with Gasteiger partial charge < -0.3 is 14.6 Å². The first-order chi connectivity index (χ1) is 14.5. The third kappa shape index (κ3) is 5.27. The number of ether oxygens (including phenoxy) is 1. The highest BCUT2D eigenvalue weighted by Gasteiger charge is 2.27. The maximum atomic E-state index is 12.0. The van der Waals surface area contributed by atoms with Crippen molar-refractivity contribution in [3.05, 3.63) is 54.1 Å². The van der Waals surface area contributed by atoms with Crippen molar-refractivity contribution in [2.45, 2.75) is 52.7 Å². The lowest BCUT2D eigenvalue weighted by molar-refractivity contribution is -0.121. The number of hydrogen-bond acceptors (Lipinski definition) is 5. The van der Waals surface area contributed by atoms with Gasteiger partial charge in [-0.3, -0.25) is 9.69 Å². The summed E-state index contributed by atoms with van der Waals surface area (Å²) >= 11 is 0. The van der Waals surface area contributed by atoms with Crippen LogP contribution in [0.5, 0.6) is 5.75 Å². The minimum absolute atomic E-state index is 0.0393. The number of carbonyl (C=O) groups is 1. The zero-order valence-corrected chi connectivity index (χ0v) is 18.3. The Balaban J connectivity index is 1.72. The molecule has 2 heterocycles. The van der Waals surface area contributed by atoms with Crippen molar-refractivity contribution in [3.8, 4) is 5.75 Å². The van der Waals surface area contributed by atoms with Crippen LogP contribution in [0, 0.1) is 5.92 Å². The molecule has 30 heavy (non-hydrogen) atoms. The first-order valence-electron chi connectivity index (χ1n) is 10.8. The predicted molar refractivity (Wildman–Crippen MR) is 117 cm³/mol. The number of benzene rings is 1. The number of fused-ring (bicyclic) bond motifs is 1. The first-order valence-corrected chi connectivity index (χ1v) is 10.8. The molecule has 0 fully saturated rings. The number of aromatic nitrogens is 3. The van der Waals surface area contributed by atoms with E-state index in [0.717, 1.165) is 50.0 Å². The Labute approximate surface area is 179 Å². The maximum Gasteiger partial charge on any atom is 0.220 e. The summed E-state index contributed by atoms with van der Waals surface area (Å²) in [6, 6.07) is 8.04. The molecule has 1 aromatic carbocycles. The number of carbonyl (C=O) groups excluding carboxylic acids is 1. The molecule has 0 aliphatic carbocycles. The van der Waals surface area contributed by atoms with Crippen LogP contribution >= 0.6 is 0 Å². The molecule has 1 aliphatic rings. The van der Waals surface area contributed by atoms with E-state index in [-0.39, 0.29) is 17.9 Å². The highest BCUT2D eigenvalue weighted by Crippen LogP contribution is 2.24. The van der Waals surface area contributed by atoms with Crippen molar-refractivity contribution in [3.63, 3.8) is 0 Å². The maximum absolute atomic E-state index is 12.0. The van der Waals surface area contributed by atoms with E-state index in [2.05, 4.69) is 51.5 Å². The van der Waals surface area contributed by atoms with Crippen LogP contribution in [0.3, 0.4) is 0 Å². The number of amides is 1. The molecule has 0 bridgehead atoms. The molecule has 1 unspecified atom stereocenters. The summed E-state index contributed by atoms with van der Waals surface area (Å²) in [7, 11) is 0. The van der Waals surface area contributed by atoms with E-state index in [1.54, 1.807) is 6.08 Å². The average molecular weight is 412 g/mol. The van der Waals surface area contributed by atoms with E-state index in [9.17, 15) is 4.79 Å². The Hall–Kier alpha value is -2.67. The van der Waals surface area contributed by atoms with E-state index in [0.29, 0.717) is 13.0 Å². The third-order valence-corrected chi connectivity index (χ3v) is 5.45. The summed E-state index contributed by atoms with van der Waals surface area (Å²) in [5.41, 5.74) is 1.17.